The molecule has 5 heteroatoms. The minimum absolute atomic E-state index is 0.128. The van der Waals surface area contributed by atoms with Gasteiger partial charge in [0.05, 0.1) is 18.3 Å². The molecule has 0 saturated heterocycles. The molecule has 0 aliphatic rings. The first-order valence-corrected chi connectivity index (χ1v) is 6.99. The highest BCUT2D eigenvalue weighted by Gasteiger charge is 2.25. The van der Waals surface area contributed by atoms with Gasteiger partial charge < -0.3 is 10.5 Å². The van der Waals surface area contributed by atoms with E-state index in [4.69, 9.17) is 10.5 Å². The molecule has 0 fully saturated rings. The van der Waals surface area contributed by atoms with Crippen LogP contribution in [0.15, 0.2) is 18.6 Å². The summed E-state index contributed by atoms with van der Waals surface area (Å²) in [7, 11) is 1.73. The highest BCUT2D eigenvalue weighted by Crippen LogP contribution is 2.22. The average molecular weight is 266 g/mol. The largest absolute Gasteiger partial charge is 0.383 e. The summed E-state index contributed by atoms with van der Waals surface area (Å²) in [6.45, 7) is 6.55. The molecule has 19 heavy (non-hydrogen) atoms. The van der Waals surface area contributed by atoms with Gasteiger partial charge in [0.25, 0.3) is 0 Å². The Morgan fingerprint density at radius 3 is 2.58 bits per heavy atom. The quantitative estimate of drug-likeness (QED) is 0.735. The summed E-state index contributed by atoms with van der Waals surface area (Å²) in [5, 5.41) is 0. The van der Waals surface area contributed by atoms with E-state index in [2.05, 4.69) is 28.7 Å². The lowest BCUT2D eigenvalue weighted by Gasteiger charge is -2.36. The van der Waals surface area contributed by atoms with Crippen LogP contribution >= 0.6 is 0 Å². The van der Waals surface area contributed by atoms with Crippen molar-refractivity contribution in [3.05, 3.63) is 24.3 Å². The maximum atomic E-state index is 5.98. The van der Waals surface area contributed by atoms with Crippen LogP contribution < -0.4 is 5.73 Å². The summed E-state index contributed by atoms with van der Waals surface area (Å²) >= 11 is 0. The lowest BCUT2D eigenvalue weighted by molar-refractivity contribution is 0.0801. The van der Waals surface area contributed by atoms with Gasteiger partial charge in [-0.25, -0.2) is 9.97 Å². The first kappa shape index (κ1) is 16.0. The van der Waals surface area contributed by atoms with Crippen LogP contribution in [-0.4, -0.2) is 47.7 Å². The van der Waals surface area contributed by atoms with Crippen molar-refractivity contribution in [2.45, 2.75) is 38.8 Å². The molecule has 0 spiro atoms. The second kappa shape index (κ2) is 8.96. The van der Waals surface area contributed by atoms with Gasteiger partial charge in [-0.1, -0.05) is 13.8 Å². The molecule has 5 nitrogen and oxygen atoms in total. The molecule has 0 saturated carbocycles. The van der Waals surface area contributed by atoms with Crippen LogP contribution in [-0.2, 0) is 4.74 Å². The van der Waals surface area contributed by atoms with Gasteiger partial charge >= 0.3 is 0 Å². The highest BCUT2D eigenvalue weighted by molar-refractivity contribution is 5.06. The van der Waals surface area contributed by atoms with Gasteiger partial charge in [0.2, 0.25) is 0 Å². The van der Waals surface area contributed by atoms with E-state index >= 15 is 0 Å². The van der Waals surface area contributed by atoms with E-state index in [1.165, 1.54) is 0 Å². The minimum Gasteiger partial charge on any atom is -0.383 e. The molecular formula is C14H26N4O. The van der Waals surface area contributed by atoms with Gasteiger partial charge in [-0.2, -0.15) is 0 Å². The third kappa shape index (κ3) is 4.53. The van der Waals surface area contributed by atoms with Gasteiger partial charge in [-0.05, 0) is 18.9 Å². The Kier molecular flexibility index (Phi) is 7.55. The second-order valence-electron chi connectivity index (χ2n) is 4.59. The topological polar surface area (TPSA) is 64.3 Å². The zero-order valence-electron chi connectivity index (χ0n) is 12.2. The van der Waals surface area contributed by atoms with Crippen LogP contribution in [0.3, 0.4) is 0 Å². The Morgan fingerprint density at radius 2 is 2.11 bits per heavy atom. The fraction of sp³-hybridized carbons (Fsp3) is 0.714. The lowest BCUT2D eigenvalue weighted by Crippen LogP contribution is -2.43. The van der Waals surface area contributed by atoms with Crippen molar-refractivity contribution in [1.82, 2.24) is 14.9 Å². The van der Waals surface area contributed by atoms with Gasteiger partial charge in [0.1, 0.15) is 6.33 Å². The smallest absolute Gasteiger partial charge is 0.115 e. The molecule has 1 aromatic rings. The van der Waals surface area contributed by atoms with Crippen LogP contribution in [0.5, 0.6) is 0 Å². The molecule has 1 heterocycles. The molecule has 1 rings (SSSR count). The summed E-state index contributed by atoms with van der Waals surface area (Å²) in [6, 6.07) is 2.57. The maximum Gasteiger partial charge on any atom is 0.115 e. The van der Waals surface area contributed by atoms with Crippen molar-refractivity contribution in [3.8, 4) is 0 Å². The van der Waals surface area contributed by atoms with Gasteiger partial charge in [-0.3, -0.25) is 4.90 Å². The molecule has 0 radical (unpaired) electrons. The molecule has 1 aromatic heterocycles. The Morgan fingerprint density at radius 1 is 1.37 bits per heavy atom. The summed E-state index contributed by atoms with van der Waals surface area (Å²) in [4.78, 5) is 10.7. The monoisotopic (exact) mass is 266 g/mol. The predicted molar refractivity (Wildman–Crippen MR) is 76.8 cm³/mol. The molecule has 108 valence electrons. The van der Waals surface area contributed by atoms with Gasteiger partial charge in [-0.15, -0.1) is 0 Å². The number of hydrogen-bond donors (Lipinski definition) is 1. The number of ether oxygens (including phenoxy) is 1. The Balaban J connectivity index is 2.91. The number of rotatable bonds is 9. The zero-order valence-corrected chi connectivity index (χ0v) is 12.2. The van der Waals surface area contributed by atoms with Gasteiger partial charge in [0.15, 0.2) is 0 Å². The summed E-state index contributed by atoms with van der Waals surface area (Å²) in [5.41, 5.74) is 6.97. The molecule has 0 amide bonds. The van der Waals surface area contributed by atoms with E-state index in [9.17, 15) is 0 Å². The minimum atomic E-state index is 0.128. The molecule has 0 bridgehead atoms. The van der Waals surface area contributed by atoms with Crippen LogP contribution in [0.25, 0.3) is 0 Å². The van der Waals surface area contributed by atoms with E-state index in [-0.39, 0.29) is 6.04 Å². The Bertz CT molecular complexity index is 329. The molecule has 0 aromatic carbocycles. The van der Waals surface area contributed by atoms with Crippen LogP contribution in [0, 0.1) is 0 Å². The van der Waals surface area contributed by atoms with Crippen LogP contribution in [0.4, 0.5) is 0 Å². The number of methoxy groups -OCH3 is 1. The number of aromatic nitrogens is 2. The fourth-order valence-electron chi connectivity index (χ4n) is 2.47. The molecule has 2 N–H and O–H groups in total. The molecular weight excluding hydrogens is 240 g/mol. The zero-order chi connectivity index (χ0) is 14.1. The van der Waals surface area contributed by atoms with E-state index in [0.717, 1.165) is 25.1 Å². The number of nitrogens with zero attached hydrogens (tertiary/aromatic N) is 3. The van der Waals surface area contributed by atoms with Crippen molar-refractivity contribution in [1.29, 1.82) is 0 Å². The third-order valence-electron chi connectivity index (χ3n) is 3.53. The van der Waals surface area contributed by atoms with Gasteiger partial charge in [0, 0.05) is 32.4 Å². The third-order valence-corrected chi connectivity index (χ3v) is 3.53. The van der Waals surface area contributed by atoms with Crippen molar-refractivity contribution >= 4 is 0 Å². The SMILES string of the molecule is CCC(CC)N(CCOC)C(CN)c1ccncn1. The standard InChI is InChI=1S/C14H26N4O/c1-4-12(5-2)18(8-9-19-3)14(10-15)13-6-7-16-11-17-13/h6-7,11-12,14H,4-5,8-10,15H2,1-3H3. The first-order chi connectivity index (χ1) is 9.28. The Hall–Kier alpha value is -1.04. The Labute approximate surface area is 116 Å². The second-order valence-corrected chi connectivity index (χ2v) is 4.59. The summed E-state index contributed by atoms with van der Waals surface area (Å²) < 4.78 is 5.23. The predicted octanol–water partition coefficient (Wildman–Crippen LogP) is 1.61. The fourth-order valence-corrected chi connectivity index (χ4v) is 2.47. The van der Waals surface area contributed by atoms with E-state index in [1.54, 1.807) is 19.6 Å². The van der Waals surface area contributed by atoms with E-state index < -0.39 is 0 Å². The van der Waals surface area contributed by atoms with E-state index in [1.807, 2.05) is 6.07 Å². The lowest BCUT2D eigenvalue weighted by atomic mass is 10.0. The molecule has 0 aliphatic carbocycles. The average Bonchev–Trinajstić information content (AvgIpc) is 2.47. The van der Waals surface area contributed by atoms with E-state index in [0.29, 0.717) is 19.2 Å². The summed E-state index contributed by atoms with van der Waals surface area (Å²) in [6.07, 6.45) is 5.55. The summed E-state index contributed by atoms with van der Waals surface area (Å²) in [5.74, 6) is 0. The first-order valence-electron chi connectivity index (χ1n) is 6.99. The highest BCUT2D eigenvalue weighted by atomic mass is 16.5. The number of nitrogens with two attached hydrogens (primary N) is 1. The number of hydrogen-bond acceptors (Lipinski definition) is 5. The molecule has 1 unspecified atom stereocenters. The maximum absolute atomic E-state index is 5.98. The van der Waals surface area contributed by atoms with Crippen molar-refractivity contribution in [3.63, 3.8) is 0 Å². The van der Waals surface area contributed by atoms with Crippen LogP contribution in [0.2, 0.25) is 0 Å². The normalized spacial score (nSPS) is 13.2. The van der Waals surface area contributed by atoms with Crippen molar-refractivity contribution < 1.29 is 4.74 Å². The molecule has 0 aliphatic heterocycles. The molecule has 1 atom stereocenters. The van der Waals surface area contributed by atoms with Crippen LogP contribution in [0.1, 0.15) is 38.4 Å². The van der Waals surface area contributed by atoms with Crippen molar-refractivity contribution in [2.75, 3.05) is 26.8 Å². The van der Waals surface area contributed by atoms with Crippen molar-refractivity contribution in [2.24, 2.45) is 5.73 Å².